The predicted octanol–water partition coefficient (Wildman–Crippen LogP) is 3.29. The van der Waals surface area contributed by atoms with Gasteiger partial charge in [-0.2, -0.15) is 0 Å². The normalized spacial score (nSPS) is 16.3. The van der Waals surface area contributed by atoms with Gasteiger partial charge in [0.1, 0.15) is 22.8 Å². The van der Waals surface area contributed by atoms with Crippen molar-refractivity contribution in [3.8, 4) is 28.7 Å². The SMILES string of the molecule is COc1cc(OC)c(C(=O)C=Cc2ccc(OC)c(OC)c2)c(OCCC2CNCCN2C)c1. The van der Waals surface area contributed by atoms with Gasteiger partial charge < -0.3 is 33.9 Å². The average molecular weight is 471 g/mol. The first-order valence-electron chi connectivity index (χ1n) is 11.2. The lowest BCUT2D eigenvalue weighted by atomic mass is 10.1. The number of hydrogen-bond donors (Lipinski definition) is 1. The van der Waals surface area contributed by atoms with Crippen LogP contribution >= 0.6 is 0 Å². The molecule has 1 heterocycles. The minimum absolute atomic E-state index is 0.235. The van der Waals surface area contributed by atoms with Crippen LogP contribution < -0.4 is 29.0 Å². The summed E-state index contributed by atoms with van der Waals surface area (Å²) in [6.45, 7) is 3.38. The number of nitrogens with zero attached hydrogens (tertiary/aromatic N) is 1. The summed E-state index contributed by atoms with van der Waals surface area (Å²) in [6.07, 6.45) is 4.05. The minimum Gasteiger partial charge on any atom is -0.496 e. The number of rotatable bonds is 11. The van der Waals surface area contributed by atoms with Crippen molar-refractivity contribution in [3.05, 3.63) is 47.5 Å². The second-order valence-electron chi connectivity index (χ2n) is 7.99. The molecule has 0 amide bonds. The summed E-state index contributed by atoms with van der Waals surface area (Å²) in [6, 6.07) is 9.24. The van der Waals surface area contributed by atoms with Gasteiger partial charge in [0.2, 0.25) is 0 Å². The molecular weight excluding hydrogens is 436 g/mol. The lowest BCUT2D eigenvalue weighted by Gasteiger charge is -2.33. The van der Waals surface area contributed by atoms with Gasteiger partial charge in [-0.1, -0.05) is 12.1 Å². The molecule has 0 aliphatic carbocycles. The fourth-order valence-corrected chi connectivity index (χ4v) is 3.90. The van der Waals surface area contributed by atoms with Crippen LogP contribution in [0.15, 0.2) is 36.4 Å². The first-order chi connectivity index (χ1) is 16.5. The van der Waals surface area contributed by atoms with Crippen LogP contribution in [0.2, 0.25) is 0 Å². The summed E-state index contributed by atoms with van der Waals surface area (Å²) < 4.78 is 27.6. The summed E-state index contributed by atoms with van der Waals surface area (Å²) in [7, 11) is 8.37. The Labute approximate surface area is 201 Å². The molecule has 3 rings (SSSR count). The maximum Gasteiger partial charge on any atom is 0.193 e. The zero-order chi connectivity index (χ0) is 24.5. The van der Waals surface area contributed by atoms with Gasteiger partial charge in [-0.25, -0.2) is 0 Å². The maximum absolute atomic E-state index is 13.3. The second-order valence-corrected chi connectivity index (χ2v) is 7.99. The number of ketones is 1. The van der Waals surface area contributed by atoms with E-state index >= 15 is 0 Å². The molecule has 34 heavy (non-hydrogen) atoms. The Bertz CT molecular complexity index is 1010. The molecule has 2 aromatic carbocycles. The van der Waals surface area contributed by atoms with Gasteiger partial charge in [0.15, 0.2) is 17.3 Å². The zero-order valence-electron chi connectivity index (χ0n) is 20.6. The standard InChI is InChI=1S/C26H34N2O6/c1-28-12-11-27-17-19(28)10-13-34-25-16-20(30-2)15-24(33-5)26(25)21(29)8-6-18-7-9-22(31-3)23(14-18)32-4/h6-9,14-16,19,27H,10-13,17H2,1-5H3. The lowest BCUT2D eigenvalue weighted by Crippen LogP contribution is -2.49. The number of nitrogens with one attached hydrogen (secondary N) is 1. The molecule has 0 aromatic heterocycles. The monoisotopic (exact) mass is 470 g/mol. The lowest BCUT2D eigenvalue weighted by molar-refractivity contribution is 0.103. The molecule has 0 bridgehead atoms. The smallest absolute Gasteiger partial charge is 0.193 e. The molecule has 2 aromatic rings. The molecule has 0 spiro atoms. The van der Waals surface area contributed by atoms with Crippen molar-refractivity contribution >= 4 is 11.9 Å². The predicted molar refractivity (Wildman–Crippen MR) is 132 cm³/mol. The van der Waals surface area contributed by atoms with Crippen LogP contribution in [-0.4, -0.2) is 78.5 Å². The van der Waals surface area contributed by atoms with Gasteiger partial charge in [0.05, 0.1) is 35.0 Å². The van der Waals surface area contributed by atoms with E-state index in [0.29, 0.717) is 47.0 Å². The van der Waals surface area contributed by atoms with Gasteiger partial charge in [-0.15, -0.1) is 0 Å². The van der Waals surface area contributed by atoms with Crippen LogP contribution in [0.5, 0.6) is 28.7 Å². The molecule has 1 aliphatic heterocycles. The Kier molecular flexibility index (Phi) is 9.18. The van der Waals surface area contributed by atoms with Crippen molar-refractivity contribution < 1.29 is 28.5 Å². The second kappa shape index (κ2) is 12.3. The average Bonchev–Trinajstić information content (AvgIpc) is 2.87. The molecule has 1 aliphatic rings. The number of allylic oxidation sites excluding steroid dienone is 1. The van der Waals surface area contributed by atoms with E-state index in [2.05, 4.69) is 17.3 Å². The molecule has 0 saturated carbocycles. The van der Waals surface area contributed by atoms with Crippen LogP contribution in [0.25, 0.3) is 6.08 Å². The quantitative estimate of drug-likeness (QED) is 0.396. The van der Waals surface area contributed by atoms with Gasteiger partial charge >= 0.3 is 0 Å². The number of benzene rings is 2. The third-order valence-corrected chi connectivity index (χ3v) is 5.93. The fraction of sp³-hybridized carbons (Fsp3) is 0.423. The minimum atomic E-state index is -0.235. The first-order valence-corrected chi connectivity index (χ1v) is 11.2. The Morgan fingerprint density at radius 1 is 1.00 bits per heavy atom. The molecule has 184 valence electrons. The molecule has 1 saturated heterocycles. The van der Waals surface area contributed by atoms with E-state index in [9.17, 15) is 4.79 Å². The number of hydrogen-bond acceptors (Lipinski definition) is 8. The largest absolute Gasteiger partial charge is 0.496 e. The Morgan fingerprint density at radius 2 is 1.74 bits per heavy atom. The van der Waals surface area contributed by atoms with Crippen molar-refractivity contribution in [1.29, 1.82) is 0 Å². The van der Waals surface area contributed by atoms with E-state index in [1.807, 2.05) is 6.07 Å². The van der Waals surface area contributed by atoms with Crippen molar-refractivity contribution in [2.75, 3.05) is 61.7 Å². The fourth-order valence-electron chi connectivity index (χ4n) is 3.90. The van der Waals surface area contributed by atoms with Crippen molar-refractivity contribution in [2.24, 2.45) is 0 Å². The van der Waals surface area contributed by atoms with Crippen LogP contribution in [0.3, 0.4) is 0 Å². The Balaban J connectivity index is 1.82. The molecule has 8 heteroatoms. The molecule has 1 N–H and O–H groups in total. The van der Waals surface area contributed by atoms with E-state index in [1.165, 1.54) is 13.2 Å². The molecule has 1 atom stereocenters. The van der Waals surface area contributed by atoms with E-state index in [4.69, 9.17) is 23.7 Å². The summed E-state index contributed by atoms with van der Waals surface area (Å²) in [5.41, 5.74) is 1.16. The van der Waals surface area contributed by atoms with E-state index < -0.39 is 0 Å². The van der Waals surface area contributed by atoms with Crippen LogP contribution in [0.1, 0.15) is 22.3 Å². The summed E-state index contributed by atoms with van der Waals surface area (Å²) in [5, 5.41) is 3.41. The molecule has 0 radical (unpaired) electrons. The van der Waals surface area contributed by atoms with E-state index in [1.54, 1.807) is 51.7 Å². The number of carbonyl (C=O) groups is 1. The maximum atomic E-state index is 13.3. The van der Waals surface area contributed by atoms with Gasteiger partial charge in [0, 0.05) is 37.8 Å². The number of ether oxygens (including phenoxy) is 5. The Hall–Kier alpha value is -3.23. The number of carbonyl (C=O) groups excluding carboxylic acids is 1. The Morgan fingerprint density at radius 3 is 2.41 bits per heavy atom. The molecule has 1 unspecified atom stereocenters. The first kappa shape index (κ1) is 25.4. The highest BCUT2D eigenvalue weighted by Gasteiger charge is 2.21. The number of piperazine rings is 1. The summed E-state index contributed by atoms with van der Waals surface area (Å²) in [5.74, 6) is 2.37. The van der Waals surface area contributed by atoms with Crippen LogP contribution in [0.4, 0.5) is 0 Å². The topological polar surface area (TPSA) is 78.5 Å². The van der Waals surface area contributed by atoms with Crippen molar-refractivity contribution in [2.45, 2.75) is 12.5 Å². The highest BCUT2D eigenvalue weighted by molar-refractivity contribution is 6.10. The third kappa shape index (κ3) is 6.21. The van der Waals surface area contributed by atoms with Gasteiger partial charge in [-0.05, 0) is 37.2 Å². The molecule has 8 nitrogen and oxygen atoms in total. The highest BCUT2D eigenvalue weighted by atomic mass is 16.5. The van der Waals surface area contributed by atoms with E-state index in [-0.39, 0.29) is 5.78 Å². The van der Waals surface area contributed by atoms with E-state index in [0.717, 1.165) is 31.6 Å². The highest BCUT2D eigenvalue weighted by Crippen LogP contribution is 2.35. The molecule has 1 fully saturated rings. The molecular formula is C26H34N2O6. The van der Waals surface area contributed by atoms with Crippen molar-refractivity contribution in [1.82, 2.24) is 10.2 Å². The summed E-state index contributed by atoms with van der Waals surface area (Å²) >= 11 is 0. The van der Waals surface area contributed by atoms with Crippen LogP contribution in [-0.2, 0) is 0 Å². The summed E-state index contributed by atoms with van der Waals surface area (Å²) in [4.78, 5) is 15.6. The van der Waals surface area contributed by atoms with Crippen LogP contribution in [0, 0.1) is 0 Å². The number of likely N-dealkylation sites (N-methyl/N-ethyl adjacent to an activating group) is 1. The van der Waals surface area contributed by atoms with Gasteiger partial charge in [0.25, 0.3) is 0 Å². The third-order valence-electron chi connectivity index (χ3n) is 5.93. The van der Waals surface area contributed by atoms with Crippen molar-refractivity contribution in [3.63, 3.8) is 0 Å². The zero-order valence-corrected chi connectivity index (χ0v) is 20.6. The number of methoxy groups -OCH3 is 4. The van der Waals surface area contributed by atoms with Gasteiger partial charge in [-0.3, -0.25) is 4.79 Å².